The fourth-order valence-electron chi connectivity index (χ4n) is 0.608. The second kappa shape index (κ2) is 2.44. The molecule has 1 unspecified atom stereocenters. The molecule has 1 saturated heterocycles. The molecular formula is C5H11NO2. The van der Waals surface area contributed by atoms with E-state index in [0.717, 1.165) is 13.1 Å². The lowest BCUT2D eigenvalue weighted by atomic mass is 10.3. The van der Waals surface area contributed by atoms with Crippen LogP contribution in [0, 0.1) is 0 Å². The standard InChI is InChI=1S/C5H11NO2/c1-5(7)8-6-3-2-4-6/h5,7H,2-4H2,1H3. The van der Waals surface area contributed by atoms with Gasteiger partial charge in [0.15, 0.2) is 6.29 Å². The number of nitrogens with zero attached hydrogens (tertiary/aromatic N) is 1. The maximum absolute atomic E-state index is 8.62. The van der Waals surface area contributed by atoms with Crippen LogP contribution in [0.15, 0.2) is 0 Å². The molecule has 0 saturated carbocycles. The molecule has 0 amide bonds. The molecule has 0 aliphatic carbocycles. The molecule has 1 N–H and O–H groups in total. The van der Waals surface area contributed by atoms with Gasteiger partial charge >= 0.3 is 0 Å². The summed E-state index contributed by atoms with van der Waals surface area (Å²) in [6.07, 6.45) is 0.544. The van der Waals surface area contributed by atoms with Crippen molar-refractivity contribution in [2.45, 2.75) is 19.6 Å². The van der Waals surface area contributed by atoms with E-state index in [4.69, 9.17) is 9.94 Å². The fourth-order valence-corrected chi connectivity index (χ4v) is 0.608. The second-order valence-electron chi connectivity index (χ2n) is 1.99. The van der Waals surface area contributed by atoms with Crippen LogP contribution >= 0.6 is 0 Å². The average Bonchev–Trinajstić information content (AvgIpc) is 1.55. The summed E-state index contributed by atoms with van der Waals surface area (Å²) in [5.41, 5.74) is 0. The molecule has 0 aromatic carbocycles. The monoisotopic (exact) mass is 117 g/mol. The van der Waals surface area contributed by atoms with Crippen molar-refractivity contribution in [1.82, 2.24) is 5.06 Å². The highest BCUT2D eigenvalue weighted by Gasteiger charge is 2.15. The van der Waals surface area contributed by atoms with Gasteiger partial charge in [-0.15, -0.1) is 0 Å². The van der Waals surface area contributed by atoms with E-state index in [0.29, 0.717) is 0 Å². The predicted octanol–water partition coefficient (Wildman–Crippen LogP) is -0.0380. The fraction of sp³-hybridized carbons (Fsp3) is 1.00. The van der Waals surface area contributed by atoms with Crippen molar-refractivity contribution in [3.8, 4) is 0 Å². The molecule has 0 bridgehead atoms. The van der Waals surface area contributed by atoms with Crippen molar-refractivity contribution in [3.63, 3.8) is 0 Å². The highest BCUT2D eigenvalue weighted by molar-refractivity contribution is 4.58. The third-order valence-electron chi connectivity index (χ3n) is 1.12. The van der Waals surface area contributed by atoms with E-state index in [2.05, 4.69) is 0 Å². The van der Waals surface area contributed by atoms with Gasteiger partial charge in [0.1, 0.15) is 0 Å². The second-order valence-corrected chi connectivity index (χ2v) is 1.99. The Morgan fingerprint density at radius 1 is 1.62 bits per heavy atom. The topological polar surface area (TPSA) is 32.7 Å². The normalized spacial score (nSPS) is 24.8. The number of rotatable bonds is 2. The average molecular weight is 117 g/mol. The maximum Gasteiger partial charge on any atom is 0.171 e. The van der Waals surface area contributed by atoms with E-state index < -0.39 is 6.29 Å². The Hall–Kier alpha value is -0.120. The minimum absolute atomic E-state index is 0.643. The molecule has 1 rings (SSSR count). The van der Waals surface area contributed by atoms with Crippen LogP contribution in [0.2, 0.25) is 0 Å². The molecule has 1 aliphatic rings. The first kappa shape index (κ1) is 6.01. The molecule has 1 aliphatic heterocycles. The third kappa shape index (κ3) is 1.43. The quantitative estimate of drug-likeness (QED) is 0.515. The van der Waals surface area contributed by atoms with Gasteiger partial charge in [-0.2, -0.15) is 5.06 Å². The van der Waals surface area contributed by atoms with Gasteiger partial charge < -0.3 is 5.11 Å². The van der Waals surface area contributed by atoms with E-state index >= 15 is 0 Å². The third-order valence-corrected chi connectivity index (χ3v) is 1.12. The zero-order valence-electron chi connectivity index (χ0n) is 5.00. The van der Waals surface area contributed by atoms with Crippen LogP contribution in [0.3, 0.4) is 0 Å². The largest absolute Gasteiger partial charge is 0.367 e. The predicted molar refractivity (Wildman–Crippen MR) is 29.0 cm³/mol. The first-order valence-electron chi connectivity index (χ1n) is 2.89. The smallest absolute Gasteiger partial charge is 0.171 e. The van der Waals surface area contributed by atoms with Crippen molar-refractivity contribution in [2.75, 3.05) is 13.1 Å². The van der Waals surface area contributed by atoms with E-state index in [1.165, 1.54) is 6.42 Å². The SMILES string of the molecule is CC(O)ON1CCC1. The Labute approximate surface area is 48.8 Å². The summed E-state index contributed by atoms with van der Waals surface area (Å²) in [5, 5.41) is 10.4. The number of hydroxylamine groups is 2. The van der Waals surface area contributed by atoms with Crippen LogP contribution < -0.4 is 0 Å². The first-order chi connectivity index (χ1) is 3.79. The maximum atomic E-state index is 8.62. The molecule has 1 heterocycles. The summed E-state index contributed by atoms with van der Waals surface area (Å²) in [5.74, 6) is 0. The van der Waals surface area contributed by atoms with Crippen LogP contribution in [-0.2, 0) is 4.84 Å². The van der Waals surface area contributed by atoms with Crippen molar-refractivity contribution in [1.29, 1.82) is 0 Å². The van der Waals surface area contributed by atoms with Crippen LogP contribution in [0.1, 0.15) is 13.3 Å². The van der Waals surface area contributed by atoms with Gasteiger partial charge in [0.25, 0.3) is 0 Å². The van der Waals surface area contributed by atoms with Crippen molar-refractivity contribution >= 4 is 0 Å². The molecule has 0 aromatic rings. The summed E-state index contributed by atoms with van der Waals surface area (Å²) in [6.45, 7) is 3.54. The zero-order valence-corrected chi connectivity index (χ0v) is 5.00. The van der Waals surface area contributed by atoms with Crippen molar-refractivity contribution in [2.24, 2.45) is 0 Å². The van der Waals surface area contributed by atoms with Crippen LogP contribution in [-0.4, -0.2) is 29.5 Å². The van der Waals surface area contributed by atoms with Gasteiger partial charge in [-0.3, -0.25) is 4.84 Å². The minimum Gasteiger partial charge on any atom is -0.367 e. The molecule has 8 heavy (non-hydrogen) atoms. The van der Waals surface area contributed by atoms with Gasteiger partial charge in [0.05, 0.1) is 0 Å². The summed E-state index contributed by atoms with van der Waals surface area (Å²) < 4.78 is 0. The lowest BCUT2D eigenvalue weighted by molar-refractivity contribution is -0.281. The number of hydrogen-bond acceptors (Lipinski definition) is 3. The first-order valence-corrected chi connectivity index (χ1v) is 2.89. The molecular weight excluding hydrogens is 106 g/mol. The molecule has 0 radical (unpaired) electrons. The van der Waals surface area contributed by atoms with Crippen molar-refractivity contribution in [3.05, 3.63) is 0 Å². The van der Waals surface area contributed by atoms with Crippen LogP contribution in [0.25, 0.3) is 0 Å². The number of aliphatic hydroxyl groups is 1. The molecule has 3 heteroatoms. The molecule has 3 nitrogen and oxygen atoms in total. The summed E-state index contributed by atoms with van der Waals surface area (Å²) in [4.78, 5) is 4.88. The molecule has 1 fully saturated rings. The van der Waals surface area contributed by atoms with E-state index in [1.807, 2.05) is 0 Å². The molecule has 0 spiro atoms. The minimum atomic E-state index is -0.643. The zero-order chi connectivity index (χ0) is 5.98. The Kier molecular flexibility index (Phi) is 1.83. The Morgan fingerprint density at radius 3 is 2.38 bits per heavy atom. The van der Waals surface area contributed by atoms with Gasteiger partial charge in [-0.05, 0) is 13.3 Å². The highest BCUT2D eigenvalue weighted by atomic mass is 16.8. The highest BCUT2D eigenvalue weighted by Crippen LogP contribution is 2.06. The van der Waals surface area contributed by atoms with Crippen molar-refractivity contribution < 1.29 is 9.94 Å². The van der Waals surface area contributed by atoms with E-state index in [-0.39, 0.29) is 0 Å². The van der Waals surface area contributed by atoms with Gasteiger partial charge in [-0.25, -0.2) is 0 Å². The van der Waals surface area contributed by atoms with Gasteiger partial charge in [0, 0.05) is 13.1 Å². The Morgan fingerprint density at radius 2 is 2.25 bits per heavy atom. The molecule has 48 valence electrons. The Balaban J connectivity index is 2.01. The summed E-state index contributed by atoms with van der Waals surface area (Å²) in [6, 6.07) is 0. The van der Waals surface area contributed by atoms with Crippen LogP contribution in [0.4, 0.5) is 0 Å². The lowest BCUT2D eigenvalue weighted by Crippen LogP contribution is -2.39. The van der Waals surface area contributed by atoms with E-state index in [9.17, 15) is 0 Å². The molecule has 1 atom stereocenters. The van der Waals surface area contributed by atoms with Crippen LogP contribution in [0.5, 0.6) is 0 Å². The molecule has 0 aromatic heterocycles. The summed E-state index contributed by atoms with van der Waals surface area (Å²) >= 11 is 0. The van der Waals surface area contributed by atoms with Gasteiger partial charge in [-0.1, -0.05) is 0 Å². The van der Waals surface area contributed by atoms with Gasteiger partial charge in [0.2, 0.25) is 0 Å². The van der Waals surface area contributed by atoms with E-state index in [1.54, 1.807) is 12.0 Å². The summed E-state index contributed by atoms with van der Waals surface area (Å²) in [7, 11) is 0. The Bertz CT molecular complexity index is 70.8. The lowest BCUT2D eigenvalue weighted by Gasteiger charge is -2.30. The number of hydrogen-bond donors (Lipinski definition) is 1. The number of aliphatic hydroxyl groups excluding tert-OH is 1.